The second kappa shape index (κ2) is 6.01. The molecule has 0 aliphatic rings. The molecule has 1 aromatic heterocycles. The normalized spacial score (nSPS) is 11.4. The topological polar surface area (TPSA) is 91.1 Å². The lowest BCUT2D eigenvalue weighted by atomic mass is 10.2. The van der Waals surface area contributed by atoms with Crippen molar-refractivity contribution in [3.05, 3.63) is 59.8 Å². The van der Waals surface area contributed by atoms with Crippen LogP contribution in [-0.2, 0) is 10.0 Å². The van der Waals surface area contributed by atoms with E-state index in [1.54, 1.807) is 62.5 Å². The minimum absolute atomic E-state index is 0.228. The summed E-state index contributed by atoms with van der Waals surface area (Å²) in [5.41, 5.74) is 2.29. The lowest BCUT2D eigenvalue weighted by molar-refractivity contribution is 0.0959. The molecule has 3 N–H and O–H groups in total. The number of rotatable bonds is 4. The highest BCUT2D eigenvalue weighted by Crippen LogP contribution is 2.23. The van der Waals surface area contributed by atoms with E-state index in [1.165, 1.54) is 0 Å². The molecule has 0 saturated carbocycles. The highest BCUT2D eigenvalue weighted by atomic mass is 32.2. The Morgan fingerprint density at radius 2 is 1.83 bits per heavy atom. The predicted octanol–water partition coefficient (Wildman–Crippen LogP) is 2.64. The highest BCUT2D eigenvalue weighted by molar-refractivity contribution is 7.92. The van der Waals surface area contributed by atoms with Gasteiger partial charge in [-0.3, -0.25) is 9.52 Å². The first-order valence-corrected chi connectivity index (χ1v) is 8.82. The molecule has 0 aliphatic heterocycles. The molecule has 0 aliphatic carbocycles. The van der Waals surface area contributed by atoms with Gasteiger partial charge in [-0.15, -0.1) is 0 Å². The molecule has 2 aromatic carbocycles. The SMILES string of the molecule is CNC(=O)c1cc2cc(NS(=O)(=O)c3ccccc3C)ccc2[nH]1. The summed E-state index contributed by atoms with van der Waals surface area (Å²) in [4.78, 5) is 14.9. The van der Waals surface area contributed by atoms with Crippen LogP contribution in [0.15, 0.2) is 53.4 Å². The maximum Gasteiger partial charge on any atom is 0.267 e. The second-order valence-electron chi connectivity index (χ2n) is 5.44. The van der Waals surface area contributed by atoms with Gasteiger partial charge in [0.05, 0.1) is 4.90 Å². The van der Waals surface area contributed by atoms with Gasteiger partial charge in [0.1, 0.15) is 5.69 Å². The number of fused-ring (bicyclic) bond motifs is 1. The Kier molecular flexibility index (Phi) is 4.02. The van der Waals surface area contributed by atoms with Gasteiger partial charge in [0.15, 0.2) is 0 Å². The first-order chi connectivity index (χ1) is 11.4. The van der Waals surface area contributed by atoms with Gasteiger partial charge >= 0.3 is 0 Å². The highest BCUT2D eigenvalue weighted by Gasteiger charge is 2.17. The van der Waals surface area contributed by atoms with E-state index in [0.717, 1.165) is 10.9 Å². The van der Waals surface area contributed by atoms with Crippen molar-refractivity contribution in [2.24, 2.45) is 0 Å². The summed E-state index contributed by atoms with van der Waals surface area (Å²) in [7, 11) is -2.12. The fourth-order valence-corrected chi connectivity index (χ4v) is 3.82. The summed E-state index contributed by atoms with van der Waals surface area (Å²) >= 11 is 0. The predicted molar refractivity (Wildman–Crippen MR) is 93.7 cm³/mol. The Balaban J connectivity index is 1.95. The molecule has 3 rings (SSSR count). The fraction of sp³-hybridized carbons (Fsp3) is 0.118. The van der Waals surface area contributed by atoms with Crippen molar-refractivity contribution >= 4 is 32.5 Å². The molecule has 0 unspecified atom stereocenters. The van der Waals surface area contributed by atoms with E-state index in [9.17, 15) is 13.2 Å². The van der Waals surface area contributed by atoms with Crippen LogP contribution in [0, 0.1) is 6.92 Å². The average Bonchev–Trinajstić information content (AvgIpc) is 2.97. The van der Waals surface area contributed by atoms with Crippen molar-refractivity contribution in [1.29, 1.82) is 0 Å². The number of aromatic nitrogens is 1. The van der Waals surface area contributed by atoms with E-state index in [-0.39, 0.29) is 10.8 Å². The Bertz CT molecular complexity index is 1020. The first-order valence-electron chi connectivity index (χ1n) is 7.34. The van der Waals surface area contributed by atoms with E-state index < -0.39 is 10.0 Å². The number of benzene rings is 2. The van der Waals surface area contributed by atoms with Crippen molar-refractivity contribution in [3.8, 4) is 0 Å². The van der Waals surface area contributed by atoms with Gasteiger partial charge in [-0.05, 0) is 42.8 Å². The number of amides is 1. The standard InChI is InChI=1S/C17H17N3O3S/c1-11-5-3-4-6-16(11)24(22,23)20-13-7-8-14-12(9-13)10-15(19-14)17(21)18-2/h3-10,19-20H,1-2H3,(H,18,21). The van der Waals surface area contributed by atoms with Crippen molar-refractivity contribution < 1.29 is 13.2 Å². The second-order valence-corrected chi connectivity index (χ2v) is 7.09. The van der Waals surface area contributed by atoms with Crippen LogP contribution in [0.3, 0.4) is 0 Å². The Hall–Kier alpha value is -2.80. The number of aryl methyl sites for hydroxylation is 1. The Morgan fingerprint density at radius 1 is 1.08 bits per heavy atom. The summed E-state index contributed by atoms with van der Waals surface area (Å²) < 4.78 is 27.6. The van der Waals surface area contributed by atoms with E-state index in [1.807, 2.05) is 0 Å². The molecule has 124 valence electrons. The van der Waals surface area contributed by atoms with Gasteiger partial charge in [0.25, 0.3) is 15.9 Å². The third-order valence-corrected chi connectivity index (χ3v) is 5.27. The summed E-state index contributed by atoms with van der Waals surface area (Å²) in [6, 6.07) is 13.6. The van der Waals surface area contributed by atoms with Crippen molar-refractivity contribution in [3.63, 3.8) is 0 Å². The van der Waals surface area contributed by atoms with E-state index in [2.05, 4.69) is 15.0 Å². The number of sulfonamides is 1. The summed E-state index contributed by atoms with van der Waals surface area (Å²) in [6.45, 7) is 1.75. The maximum atomic E-state index is 12.5. The van der Waals surface area contributed by atoms with Gasteiger partial charge in [0.2, 0.25) is 0 Å². The Morgan fingerprint density at radius 3 is 2.54 bits per heavy atom. The van der Waals surface area contributed by atoms with E-state index in [0.29, 0.717) is 16.9 Å². The van der Waals surface area contributed by atoms with Crippen LogP contribution in [0.5, 0.6) is 0 Å². The number of carbonyl (C=O) groups is 1. The fourth-order valence-electron chi connectivity index (χ4n) is 2.52. The maximum absolute atomic E-state index is 12.5. The van der Waals surface area contributed by atoms with Crippen LogP contribution in [-0.4, -0.2) is 26.4 Å². The zero-order valence-electron chi connectivity index (χ0n) is 13.3. The first kappa shape index (κ1) is 16.1. The van der Waals surface area contributed by atoms with Crippen molar-refractivity contribution in [1.82, 2.24) is 10.3 Å². The third kappa shape index (κ3) is 2.98. The zero-order chi connectivity index (χ0) is 17.3. The molecular weight excluding hydrogens is 326 g/mol. The Labute approximate surface area is 139 Å². The van der Waals surface area contributed by atoms with Gasteiger partial charge in [-0.1, -0.05) is 18.2 Å². The molecule has 0 radical (unpaired) electrons. The summed E-state index contributed by atoms with van der Waals surface area (Å²) in [5.74, 6) is -0.228. The molecule has 0 bridgehead atoms. The molecule has 7 heteroatoms. The quantitative estimate of drug-likeness (QED) is 0.680. The van der Waals surface area contributed by atoms with Crippen LogP contribution in [0.1, 0.15) is 16.1 Å². The lowest BCUT2D eigenvalue weighted by Gasteiger charge is -2.10. The third-order valence-electron chi connectivity index (χ3n) is 3.73. The number of hydrogen-bond acceptors (Lipinski definition) is 3. The van der Waals surface area contributed by atoms with Crippen LogP contribution in [0.25, 0.3) is 10.9 Å². The molecular formula is C17H17N3O3S. The minimum atomic E-state index is -3.67. The van der Waals surface area contributed by atoms with Crippen LogP contribution in [0.4, 0.5) is 5.69 Å². The average molecular weight is 343 g/mol. The molecule has 0 atom stereocenters. The molecule has 1 heterocycles. The minimum Gasteiger partial charge on any atom is -0.354 e. The van der Waals surface area contributed by atoms with Crippen molar-refractivity contribution in [2.45, 2.75) is 11.8 Å². The number of aromatic amines is 1. The number of anilines is 1. The zero-order valence-corrected chi connectivity index (χ0v) is 14.1. The van der Waals surface area contributed by atoms with Gasteiger partial charge in [0, 0.05) is 23.6 Å². The molecule has 0 fully saturated rings. The monoisotopic (exact) mass is 343 g/mol. The molecule has 24 heavy (non-hydrogen) atoms. The van der Waals surface area contributed by atoms with Gasteiger partial charge in [-0.2, -0.15) is 0 Å². The van der Waals surface area contributed by atoms with Crippen LogP contribution >= 0.6 is 0 Å². The smallest absolute Gasteiger partial charge is 0.267 e. The summed E-state index contributed by atoms with van der Waals surface area (Å²) in [6.07, 6.45) is 0. The van der Waals surface area contributed by atoms with E-state index >= 15 is 0 Å². The molecule has 6 nitrogen and oxygen atoms in total. The van der Waals surface area contributed by atoms with Gasteiger partial charge in [-0.25, -0.2) is 8.42 Å². The molecule has 0 saturated heterocycles. The van der Waals surface area contributed by atoms with E-state index in [4.69, 9.17) is 0 Å². The lowest BCUT2D eigenvalue weighted by Crippen LogP contribution is -2.17. The largest absolute Gasteiger partial charge is 0.354 e. The number of H-pyrrole nitrogens is 1. The van der Waals surface area contributed by atoms with Gasteiger partial charge < -0.3 is 10.3 Å². The summed E-state index contributed by atoms with van der Waals surface area (Å²) in [5, 5.41) is 3.29. The van der Waals surface area contributed by atoms with Crippen LogP contribution < -0.4 is 10.0 Å². The van der Waals surface area contributed by atoms with Crippen LogP contribution in [0.2, 0.25) is 0 Å². The molecule has 0 spiro atoms. The number of hydrogen-bond donors (Lipinski definition) is 3. The number of carbonyl (C=O) groups excluding carboxylic acids is 1. The number of nitrogens with one attached hydrogen (secondary N) is 3. The molecule has 1 amide bonds. The molecule has 3 aromatic rings. The van der Waals surface area contributed by atoms with Crippen molar-refractivity contribution in [2.75, 3.05) is 11.8 Å².